The van der Waals surface area contributed by atoms with E-state index in [0.29, 0.717) is 13.0 Å². The summed E-state index contributed by atoms with van der Waals surface area (Å²) in [5.74, 6) is -0.133. The SMILES string of the molecule is CCCN1CCN(CCCCN2CC(CN3CCN(CCCC(=O)OC)CC3)OC2=O)CC1. The molecule has 1 unspecified atom stereocenters. The van der Waals surface area contributed by atoms with Gasteiger partial charge in [0, 0.05) is 71.9 Å². The summed E-state index contributed by atoms with van der Waals surface area (Å²) in [4.78, 5) is 35.3. The fourth-order valence-electron chi connectivity index (χ4n) is 5.08. The maximum absolute atomic E-state index is 12.3. The van der Waals surface area contributed by atoms with Crippen molar-refractivity contribution in [2.75, 3.05) is 98.7 Å². The molecule has 33 heavy (non-hydrogen) atoms. The largest absolute Gasteiger partial charge is 0.469 e. The maximum Gasteiger partial charge on any atom is 0.410 e. The number of piperazine rings is 2. The Morgan fingerprint density at radius 1 is 0.848 bits per heavy atom. The van der Waals surface area contributed by atoms with Crippen molar-refractivity contribution >= 4 is 12.1 Å². The number of methoxy groups -OCH3 is 1. The van der Waals surface area contributed by atoms with Crippen molar-refractivity contribution in [3.63, 3.8) is 0 Å². The summed E-state index contributed by atoms with van der Waals surface area (Å²) < 4.78 is 10.4. The average Bonchev–Trinajstić information content (AvgIpc) is 3.17. The predicted molar refractivity (Wildman–Crippen MR) is 128 cm³/mol. The molecular weight excluding hydrogens is 422 g/mol. The summed E-state index contributed by atoms with van der Waals surface area (Å²) in [5.41, 5.74) is 0. The highest BCUT2D eigenvalue weighted by atomic mass is 16.6. The number of hydrogen-bond acceptors (Lipinski definition) is 8. The normalized spacial score (nSPS) is 23.8. The molecule has 0 spiro atoms. The van der Waals surface area contributed by atoms with Gasteiger partial charge in [-0.2, -0.15) is 0 Å². The van der Waals surface area contributed by atoms with Crippen molar-refractivity contribution in [2.45, 2.75) is 45.1 Å². The lowest BCUT2D eigenvalue weighted by Gasteiger charge is -2.35. The molecule has 3 aliphatic heterocycles. The van der Waals surface area contributed by atoms with E-state index in [-0.39, 0.29) is 18.2 Å². The number of rotatable bonds is 13. The fraction of sp³-hybridized carbons (Fsp3) is 0.917. The van der Waals surface area contributed by atoms with Gasteiger partial charge in [-0.25, -0.2) is 4.79 Å². The van der Waals surface area contributed by atoms with Gasteiger partial charge < -0.3 is 29.1 Å². The van der Waals surface area contributed by atoms with Crippen molar-refractivity contribution in [3.8, 4) is 0 Å². The van der Waals surface area contributed by atoms with E-state index in [1.807, 2.05) is 4.90 Å². The zero-order chi connectivity index (χ0) is 23.5. The third-order valence-electron chi connectivity index (χ3n) is 7.12. The predicted octanol–water partition coefficient (Wildman–Crippen LogP) is 1.19. The molecule has 1 atom stereocenters. The number of ether oxygens (including phenoxy) is 2. The van der Waals surface area contributed by atoms with Gasteiger partial charge in [0.25, 0.3) is 0 Å². The van der Waals surface area contributed by atoms with Crippen LogP contribution in [0.3, 0.4) is 0 Å². The Kier molecular flexibility index (Phi) is 11.2. The van der Waals surface area contributed by atoms with Gasteiger partial charge in [0.05, 0.1) is 13.7 Å². The van der Waals surface area contributed by atoms with Crippen LogP contribution in [0.1, 0.15) is 39.0 Å². The number of cyclic esters (lactones) is 1. The number of nitrogens with zero attached hydrogens (tertiary/aromatic N) is 5. The van der Waals surface area contributed by atoms with E-state index in [2.05, 4.69) is 26.5 Å². The minimum absolute atomic E-state index is 0.0185. The summed E-state index contributed by atoms with van der Waals surface area (Å²) in [6.45, 7) is 16.6. The summed E-state index contributed by atoms with van der Waals surface area (Å²) in [6.07, 6.45) is 4.59. The highest BCUT2D eigenvalue weighted by Crippen LogP contribution is 2.15. The van der Waals surface area contributed by atoms with E-state index < -0.39 is 0 Å². The van der Waals surface area contributed by atoms with E-state index in [9.17, 15) is 9.59 Å². The van der Waals surface area contributed by atoms with Crippen LogP contribution in [0.5, 0.6) is 0 Å². The Morgan fingerprint density at radius 3 is 2.00 bits per heavy atom. The first-order chi connectivity index (χ1) is 16.1. The molecule has 3 heterocycles. The van der Waals surface area contributed by atoms with E-state index in [1.165, 1.54) is 46.3 Å². The smallest absolute Gasteiger partial charge is 0.410 e. The summed E-state index contributed by atoms with van der Waals surface area (Å²) in [7, 11) is 1.44. The van der Waals surface area contributed by atoms with Gasteiger partial charge in [-0.3, -0.25) is 9.69 Å². The zero-order valence-electron chi connectivity index (χ0n) is 20.9. The van der Waals surface area contributed by atoms with Crippen molar-refractivity contribution < 1.29 is 19.1 Å². The van der Waals surface area contributed by atoms with Gasteiger partial charge in [-0.1, -0.05) is 6.92 Å². The second-order valence-electron chi connectivity index (χ2n) is 9.66. The average molecular weight is 468 g/mol. The van der Waals surface area contributed by atoms with Gasteiger partial charge in [0.1, 0.15) is 6.10 Å². The molecule has 0 bridgehead atoms. The summed E-state index contributed by atoms with van der Waals surface area (Å²) in [6, 6.07) is 0. The Hall–Kier alpha value is -1.42. The molecule has 0 saturated carbocycles. The Morgan fingerprint density at radius 2 is 1.39 bits per heavy atom. The topological polar surface area (TPSA) is 68.8 Å². The van der Waals surface area contributed by atoms with Crippen LogP contribution >= 0.6 is 0 Å². The number of carbonyl (C=O) groups is 2. The molecule has 3 fully saturated rings. The third-order valence-corrected chi connectivity index (χ3v) is 7.12. The van der Waals surface area contributed by atoms with Crippen molar-refractivity contribution in [1.82, 2.24) is 24.5 Å². The molecule has 0 radical (unpaired) electrons. The number of esters is 1. The van der Waals surface area contributed by atoms with Crippen LogP contribution in [0.2, 0.25) is 0 Å². The van der Waals surface area contributed by atoms with Gasteiger partial charge in [0.2, 0.25) is 0 Å². The Balaban J connectivity index is 1.23. The molecule has 9 heteroatoms. The molecule has 9 nitrogen and oxygen atoms in total. The minimum Gasteiger partial charge on any atom is -0.469 e. The number of hydrogen-bond donors (Lipinski definition) is 0. The van der Waals surface area contributed by atoms with E-state index in [0.717, 1.165) is 71.6 Å². The van der Waals surface area contributed by atoms with E-state index in [1.54, 1.807) is 0 Å². The standard InChI is InChI=1S/C24H45N5O4/c1-3-8-25-12-14-26(15-13-25)9-4-5-11-29-21-22(33-24(29)31)20-28-18-16-27(17-19-28)10-6-7-23(30)32-2/h22H,3-21H2,1-2H3. The van der Waals surface area contributed by atoms with Crippen LogP contribution < -0.4 is 0 Å². The lowest BCUT2D eigenvalue weighted by Crippen LogP contribution is -2.49. The summed E-state index contributed by atoms with van der Waals surface area (Å²) in [5, 5.41) is 0. The molecule has 0 aromatic rings. The van der Waals surface area contributed by atoms with Gasteiger partial charge in [-0.05, 0) is 45.3 Å². The third kappa shape index (κ3) is 9.03. The van der Waals surface area contributed by atoms with Crippen LogP contribution in [0.25, 0.3) is 0 Å². The second-order valence-corrected chi connectivity index (χ2v) is 9.66. The first-order valence-corrected chi connectivity index (χ1v) is 13.0. The number of carbonyl (C=O) groups excluding carboxylic acids is 2. The molecular formula is C24H45N5O4. The molecule has 0 aliphatic carbocycles. The van der Waals surface area contributed by atoms with Crippen LogP contribution in [0, 0.1) is 0 Å². The molecule has 1 amide bonds. The zero-order valence-corrected chi connectivity index (χ0v) is 20.9. The van der Waals surface area contributed by atoms with Crippen molar-refractivity contribution in [3.05, 3.63) is 0 Å². The maximum atomic E-state index is 12.3. The Bertz CT molecular complexity index is 591. The molecule has 3 rings (SSSR count). The molecule has 3 aliphatic rings. The second kappa shape index (κ2) is 14.1. The molecule has 0 aromatic heterocycles. The van der Waals surface area contributed by atoms with Gasteiger partial charge in [-0.15, -0.1) is 0 Å². The lowest BCUT2D eigenvalue weighted by atomic mass is 10.2. The van der Waals surface area contributed by atoms with Crippen LogP contribution in [-0.4, -0.2) is 141 Å². The van der Waals surface area contributed by atoms with Crippen LogP contribution in [-0.2, 0) is 14.3 Å². The van der Waals surface area contributed by atoms with Gasteiger partial charge in [0.15, 0.2) is 0 Å². The number of unbranched alkanes of at least 4 members (excludes halogenated alkanes) is 1. The highest BCUT2D eigenvalue weighted by molar-refractivity contribution is 5.70. The minimum atomic E-state index is -0.144. The fourth-order valence-corrected chi connectivity index (χ4v) is 5.08. The summed E-state index contributed by atoms with van der Waals surface area (Å²) >= 11 is 0. The van der Waals surface area contributed by atoms with Crippen LogP contribution in [0.4, 0.5) is 4.79 Å². The molecule has 0 N–H and O–H groups in total. The van der Waals surface area contributed by atoms with Gasteiger partial charge >= 0.3 is 12.1 Å². The quantitative estimate of drug-likeness (QED) is 0.296. The number of amides is 1. The highest BCUT2D eigenvalue weighted by Gasteiger charge is 2.32. The van der Waals surface area contributed by atoms with E-state index >= 15 is 0 Å². The lowest BCUT2D eigenvalue weighted by molar-refractivity contribution is -0.140. The molecule has 190 valence electrons. The molecule has 3 saturated heterocycles. The first kappa shape index (κ1) is 26.2. The molecule has 0 aromatic carbocycles. The van der Waals surface area contributed by atoms with Crippen molar-refractivity contribution in [2.24, 2.45) is 0 Å². The monoisotopic (exact) mass is 467 g/mol. The first-order valence-electron chi connectivity index (χ1n) is 13.0. The van der Waals surface area contributed by atoms with Crippen molar-refractivity contribution in [1.29, 1.82) is 0 Å². The van der Waals surface area contributed by atoms with E-state index in [4.69, 9.17) is 9.47 Å². The van der Waals surface area contributed by atoms with Crippen LogP contribution in [0.15, 0.2) is 0 Å². The Labute approximate surface area is 199 Å².